The lowest BCUT2D eigenvalue weighted by Crippen LogP contribution is -2.07. The van der Waals surface area contributed by atoms with Crippen molar-refractivity contribution in [2.45, 2.75) is 6.18 Å². The molecule has 0 atom stereocenters. The second-order valence-electron chi connectivity index (χ2n) is 3.10. The number of nitrogens with two attached hydrogens (primary N) is 1. The normalized spacial score (nSPS) is 13.3. The minimum absolute atomic E-state index is 0.214. The summed E-state index contributed by atoms with van der Waals surface area (Å²) in [6.07, 6.45) is -2.07. The van der Waals surface area contributed by atoms with Gasteiger partial charge in [-0.05, 0) is 23.8 Å². The van der Waals surface area contributed by atoms with Crippen molar-refractivity contribution in [3.8, 4) is 0 Å². The number of alkyl halides is 3. The molecule has 0 unspecified atom stereocenters. The smallest absolute Gasteiger partial charge is 0.409 e. The summed E-state index contributed by atoms with van der Waals surface area (Å²) in [5.41, 5.74) is 4.45. The maximum atomic E-state index is 12.5. The fourth-order valence-corrected chi connectivity index (χ4v) is 1.30. The molecule has 17 heavy (non-hydrogen) atoms. The molecule has 0 saturated carbocycles. The van der Waals surface area contributed by atoms with Gasteiger partial charge in [-0.3, -0.25) is 0 Å². The highest BCUT2D eigenvalue weighted by Gasteiger charge is 2.33. The van der Waals surface area contributed by atoms with E-state index in [1.807, 2.05) is 0 Å². The highest BCUT2D eigenvalue weighted by Crippen LogP contribution is 2.35. The molecule has 0 radical (unpaired) electrons. The summed E-state index contributed by atoms with van der Waals surface area (Å²) in [7, 11) is 0. The van der Waals surface area contributed by atoms with Crippen molar-refractivity contribution in [2.75, 3.05) is 0 Å². The first kappa shape index (κ1) is 13.4. The molecule has 0 fully saturated rings. The molecule has 3 N–H and O–H groups in total. The van der Waals surface area contributed by atoms with Gasteiger partial charge in [-0.2, -0.15) is 13.2 Å². The van der Waals surface area contributed by atoms with Crippen molar-refractivity contribution in [3.63, 3.8) is 0 Å². The standard InChI is InChI=1S/C10H8ClF3N2O/c11-8-3-1-6(2-4-9(15)16-17)5-7(8)10(12,13)14/h1-5,17H,(H2,15,16). The Morgan fingerprint density at radius 2 is 2.06 bits per heavy atom. The Morgan fingerprint density at radius 3 is 2.59 bits per heavy atom. The van der Waals surface area contributed by atoms with E-state index in [4.69, 9.17) is 22.5 Å². The van der Waals surface area contributed by atoms with Crippen LogP contribution in [-0.2, 0) is 6.18 Å². The number of rotatable bonds is 2. The van der Waals surface area contributed by atoms with Crippen LogP contribution in [0.2, 0.25) is 5.02 Å². The number of halogens is 4. The molecule has 0 aliphatic rings. The van der Waals surface area contributed by atoms with Gasteiger partial charge in [-0.15, -0.1) is 0 Å². The van der Waals surface area contributed by atoms with Gasteiger partial charge < -0.3 is 10.9 Å². The second kappa shape index (κ2) is 5.09. The van der Waals surface area contributed by atoms with Crippen molar-refractivity contribution in [3.05, 3.63) is 40.4 Å². The van der Waals surface area contributed by atoms with E-state index in [1.165, 1.54) is 18.2 Å². The highest BCUT2D eigenvalue weighted by molar-refractivity contribution is 6.31. The molecule has 0 saturated heterocycles. The van der Waals surface area contributed by atoms with Gasteiger partial charge >= 0.3 is 6.18 Å². The summed E-state index contributed by atoms with van der Waals surface area (Å²) in [4.78, 5) is 0. The third kappa shape index (κ3) is 3.67. The van der Waals surface area contributed by atoms with Crippen molar-refractivity contribution >= 4 is 23.5 Å². The molecule has 0 bridgehead atoms. The average Bonchev–Trinajstić information content (AvgIpc) is 2.26. The fourth-order valence-electron chi connectivity index (χ4n) is 1.08. The highest BCUT2D eigenvalue weighted by atomic mass is 35.5. The topological polar surface area (TPSA) is 58.6 Å². The van der Waals surface area contributed by atoms with E-state index in [2.05, 4.69) is 5.16 Å². The van der Waals surface area contributed by atoms with Crippen LogP contribution in [0.3, 0.4) is 0 Å². The first-order chi connectivity index (χ1) is 7.84. The third-order valence-electron chi connectivity index (χ3n) is 1.86. The summed E-state index contributed by atoms with van der Waals surface area (Å²) < 4.78 is 37.5. The van der Waals surface area contributed by atoms with Crippen LogP contribution in [0.1, 0.15) is 11.1 Å². The molecular weight excluding hydrogens is 257 g/mol. The lowest BCUT2D eigenvalue weighted by molar-refractivity contribution is -0.137. The number of amidine groups is 1. The number of hydrogen-bond donors (Lipinski definition) is 2. The van der Waals surface area contributed by atoms with Gasteiger partial charge in [0, 0.05) is 0 Å². The zero-order valence-electron chi connectivity index (χ0n) is 8.37. The first-order valence-electron chi connectivity index (χ1n) is 4.37. The van der Waals surface area contributed by atoms with Crippen LogP contribution in [0, 0.1) is 0 Å². The Balaban J connectivity index is 3.10. The average molecular weight is 265 g/mol. The summed E-state index contributed by atoms with van der Waals surface area (Å²) in [5.74, 6) is -0.214. The summed E-state index contributed by atoms with van der Waals surface area (Å²) in [6.45, 7) is 0. The van der Waals surface area contributed by atoms with Crippen molar-refractivity contribution < 1.29 is 18.4 Å². The molecule has 1 aromatic carbocycles. The van der Waals surface area contributed by atoms with Crippen LogP contribution < -0.4 is 5.73 Å². The van der Waals surface area contributed by atoms with Gasteiger partial charge in [-0.25, -0.2) is 0 Å². The van der Waals surface area contributed by atoms with Crippen LogP contribution in [0.4, 0.5) is 13.2 Å². The third-order valence-corrected chi connectivity index (χ3v) is 2.19. The van der Waals surface area contributed by atoms with Crippen LogP contribution in [0.5, 0.6) is 0 Å². The quantitative estimate of drug-likeness (QED) is 0.373. The molecule has 0 amide bonds. The van der Waals surface area contributed by atoms with Crippen LogP contribution in [0.25, 0.3) is 6.08 Å². The predicted octanol–water partition coefficient (Wildman–Crippen LogP) is 3.12. The van der Waals surface area contributed by atoms with Gasteiger partial charge in [0.2, 0.25) is 0 Å². The predicted molar refractivity (Wildman–Crippen MR) is 58.9 cm³/mol. The molecule has 3 nitrogen and oxygen atoms in total. The fraction of sp³-hybridized carbons (Fsp3) is 0.100. The van der Waals surface area contributed by atoms with Crippen molar-refractivity contribution in [1.82, 2.24) is 0 Å². The lowest BCUT2D eigenvalue weighted by Gasteiger charge is -2.09. The van der Waals surface area contributed by atoms with Gasteiger partial charge in [0.1, 0.15) is 0 Å². The van der Waals surface area contributed by atoms with Crippen LogP contribution in [0.15, 0.2) is 29.4 Å². The molecule has 1 rings (SSSR count). The van der Waals surface area contributed by atoms with Crippen molar-refractivity contribution in [2.24, 2.45) is 10.9 Å². The molecule has 92 valence electrons. The Kier molecular flexibility index (Phi) is 4.01. The maximum Gasteiger partial charge on any atom is 0.417 e. The van der Waals surface area contributed by atoms with E-state index in [0.717, 1.165) is 12.1 Å². The van der Waals surface area contributed by atoms with Gasteiger partial charge in [0.15, 0.2) is 5.84 Å². The van der Waals surface area contributed by atoms with E-state index in [-0.39, 0.29) is 16.4 Å². The number of hydrogen-bond acceptors (Lipinski definition) is 2. The molecule has 0 aromatic heterocycles. The second-order valence-corrected chi connectivity index (χ2v) is 3.50. The Labute approximate surface area is 100.0 Å². The van der Waals surface area contributed by atoms with Gasteiger partial charge in [0.05, 0.1) is 10.6 Å². The number of nitrogens with zero attached hydrogens (tertiary/aromatic N) is 1. The molecule has 7 heteroatoms. The van der Waals surface area contributed by atoms with Crippen molar-refractivity contribution in [1.29, 1.82) is 0 Å². The Hall–Kier alpha value is -1.69. The summed E-state index contributed by atoms with van der Waals surface area (Å²) >= 11 is 5.44. The van der Waals surface area contributed by atoms with Gasteiger partial charge in [-0.1, -0.05) is 28.9 Å². The van der Waals surface area contributed by atoms with Gasteiger partial charge in [0.25, 0.3) is 0 Å². The SMILES string of the molecule is NC(C=Cc1ccc(Cl)c(C(F)(F)F)c1)=NO. The van der Waals surface area contributed by atoms with E-state index < -0.39 is 11.7 Å². The first-order valence-corrected chi connectivity index (χ1v) is 4.74. The summed E-state index contributed by atoms with van der Waals surface area (Å²) in [6, 6.07) is 3.40. The molecule has 0 spiro atoms. The number of benzene rings is 1. The molecule has 0 aliphatic heterocycles. The molecule has 0 aliphatic carbocycles. The van der Waals surface area contributed by atoms with Crippen LogP contribution >= 0.6 is 11.6 Å². The number of oxime groups is 1. The molecular formula is C10H8ClF3N2O. The minimum atomic E-state index is -4.52. The molecule has 1 aromatic rings. The Bertz CT molecular complexity index is 469. The largest absolute Gasteiger partial charge is 0.417 e. The monoisotopic (exact) mass is 264 g/mol. The zero-order valence-corrected chi connectivity index (χ0v) is 9.13. The zero-order chi connectivity index (χ0) is 13.1. The van der Waals surface area contributed by atoms with E-state index in [0.29, 0.717) is 0 Å². The summed E-state index contributed by atoms with van der Waals surface area (Å²) in [5, 5.41) is 10.5. The van der Waals surface area contributed by atoms with E-state index in [9.17, 15) is 13.2 Å². The van der Waals surface area contributed by atoms with Crippen LogP contribution in [-0.4, -0.2) is 11.0 Å². The van der Waals surface area contributed by atoms with E-state index >= 15 is 0 Å². The van der Waals surface area contributed by atoms with E-state index in [1.54, 1.807) is 0 Å². The minimum Gasteiger partial charge on any atom is -0.409 e. The molecule has 0 heterocycles. The maximum absolute atomic E-state index is 12.5. The lowest BCUT2D eigenvalue weighted by atomic mass is 10.1. The Morgan fingerprint density at radius 1 is 1.41 bits per heavy atom.